The molecule has 1 aromatic heterocycles. The number of nitrogens with one attached hydrogen (secondary N) is 2. The van der Waals surface area contributed by atoms with Crippen molar-refractivity contribution in [2.75, 3.05) is 5.32 Å². The van der Waals surface area contributed by atoms with Gasteiger partial charge in [0.25, 0.3) is 0 Å². The largest absolute Gasteiger partial charge is 0.301 e. The van der Waals surface area contributed by atoms with Crippen molar-refractivity contribution in [2.24, 2.45) is 0 Å². The summed E-state index contributed by atoms with van der Waals surface area (Å²) in [7, 11) is 0. The summed E-state index contributed by atoms with van der Waals surface area (Å²) in [6, 6.07) is 8.04. The van der Waals surface area contributed by atoms with Crippen LogP contribution in [0.15, 0.2) is 35.8 Å². The Morgan fingerprint density at radius 1 is 1.39 bits per heavy atom. The van der Waals surface area contributed by atoms with E-state index in [0.717, 1.165) is 13.0 Å². The van der Waals surface area contributed by atoms with Gasteiger partial charge in [-0.15, -0.1) is 11.3 Å². The molecule has 0 spiro atoms. The standard InChI is InChI=1S/C13H13N3OS/c17-12(16-13-14-5-6-18-13)11-7-9-3-1-2-4-10(9)8-15-11/h1-6,11,15H,7-8H2,(H,14,16,17). The third-order valence-electron chi connectivity index (χ3n) is 3.06. The molecule has 1 aliphatic heterocycles. The molecule has 2 aromatic rings. The molecule has 92 valence electrons. The fourth-order valence-electron chi connectivity index (χ4n) is 2.12. The molecule has 1 amide bonds. The lowest BCUT2D eigenvalue weighted by Gasteiger charge is -2.24. The summed E-state index contributed by atoms with van der Waals surface area (Å²) < 4.78 is 0. The molecule has 5 heteroatoms. The van der Waals surface area contributed by atoms with Gasteiger partial charge in [0.15, 0.2) is 5.13 Å². The van der Waals surface area contributed by atoms with Crippen molar-refractivity contribution in [3.8, 4) is 0 Å². The fourth-order valence-corrected chi connectivity index (χ4v) is 2.65. The van der Waals surface area contributed by atoms with Gasteiger partial charge in [0.05, 0.1) is 6.04 Å². The van der Waals surface area contributed by atoms with Gasteiger partial charge in [0.1, 0.15) is 0 Å². The number of carbonyl (C=O) groups excluding carboxylic acids is 1. The van der Waals surface area contributed by atoms with E-state index in [1.807, 2.05) is 17.5 Å². The third-order valence-corrected chi connectivity index (χ3v) is 3.75. The van der Waals surface area contributed by atoms with Crippen molar-refractivity contribution in [3.63, 3.8) is 0 Å². The normalized spacial score (nSPS) is 18.1. The summed E-state index contributed by atoms with van der Waals surface area (Å²) in [6.45, 7) is 0.742. The smallest absolute Gasteiger partial charge is 0.243 e. The zero-order valence-corrected chi connectivity index (χ0v) is 10.5. The van der Waals surface area contributed by atoms with E-state index < -0.39 is 0 Å². The Morgan fingerprint density at radius 2 is 2.22 bits per heavy atom. The first-order valence-electron chi connectivity index (χ1n) is 5.83. The lowest BCUT2D eigenvalue weighted by molar-refractivity contribution is -0.118. The Balaban J connectivity index is 1.70. The highest BCUT2D eigenvalue weighted by molar-refractivity contribution is 7.13. The molecule has 1 aromatic carbocycles. The molecule has 1 aliphatic rings. The zero-order valence-electron chi connectivity index (χ0n) is 9.72. The first-order valence-corrected chi connectivity index (χ1v) is 6.71. The van der Waals surface area contributed by atoms with E-state index >= 15 is 0 Å². The van der Waals surface area contributed by atoms with Crippen LogP contribution in [0.4, 0.5) is 5.13 Å². The molecule has 18 heavy (non-hydrogen) atoms. The van der Waals surface area contributed by atoms with Gasteiger partial charge < -0.3 is 10.6 Å². The maximum atomic E-state index is 12.1. The monoisotopic (exact) mass is 259 g/mol. The highest BCUT2D eigenvalue weighted by Crippen LogP contribution is 2.18. The molecular weight excluding hydrogens is 246 g/mol. The maximum absolute atomic E-state index is 12.1. The van der Waals surface area contributed by atoms with Crippen LogP contribution in [-0.4, -0.2) is 16.9 Å². The SMILES string of the molecule is O=C(Nc1nccs1)C1Cc2ccccc2CN1. The summed E-state index contributed by atoms with van der Waals surface area (Å²) in [5.74, 6) is -0.0144. The Labute approximate surface area is 109 Å². The predicted molar refractivity (Wildman–Crippen MR) is 71.5 cm³/mol. The molecule has 4 nitrogen and oxygen atoms in total. The average molecular weight is 259 g/mol. The van der Waals surface area contributed by atoms with Gasteiger partial charge in [-0.1, -0.05) is 24.3 Å². The van der Waals surface area contributed by atoms with Crippen LogP contribution in [0.2, 0.25) is 0 Å². The van der Waals surface area contributed by atoms with Crippen LogP contribution in [-0.2, 0) is 17.8 Å². The summed E-state index contributed by atoms with van der Waals surface area (Å²) in [5, 5.41) is 8.58. The van der Waals surface area contributed by atoms with Crippen molar-refractivity contribution in [1.82, 2.24) is 10.3 Å². The van der Waals surface area contributed by atoms with E-state index in [-0.39, 0.29) is 11.9 Å². The van der Waals surface area contributed by atoms with Crippen LogP contribution < -0.4 is 10.6 Å². The van der Waals surface area contributed by atoms with Crippen LogP contribution in [0.25, 0.3) is 0 Å². The Hall–Kier alpha value is -1.72. The molecular formula is C13H13N3OS. The van der Waals surface area contributed by atoms with E-state index in [2.05, 4.69) is 27.8 Å². The molecule has 2 heterocycles. The molecule has 3 rings (SSSR count). The molecule has 0 fully saturated rings. The number of amides is 1. The number of hydrogen-bond acceptors (Lipinski definition) is 4. The van der Waals surface area contributed by atoms with Crippen molar-refractivity contribution in [2.45, 2.75) is 19.0 Å². The fraction of sp³-hybridized carbons (Fsp3) is 0.231. The Morgan fingerprint density at radius 3 is 3.00 bits per heavy atom. The van der Waals surface area contributed by atoms with Crippen LogP contribution in [0.1, 0.15) is 11.1 Å². The summed E-state index contributed by atoms with van der Waals surface area (Å²) >= 11 is 1.43. The second kappa shape index (κ2) is 4.88. The molecule has 0 aliphatic carbocycles. The number of thiazole rings is 1. The summed E-state index contributed by atoms with van der Waals surface area (Å²) in [4.78, 5) is 16.1. The van der Waals surface area contributed by atoms with E-state index in [1.54, 1.807) is 6.20 Å². The third kappa shape index (κ3) is 2.27. The highest BCUT2D eigenvalue weighted by Gasteiger charge is 2.24. The van der Waals surface area contributed by atoms with E-state index in [0.29, 0.717) is 5.13 Å². The average Bonchev–Trinajstić information content (AvgIpc) is 2.91. The van der Waals surface area contributed by atoms with Gasteiger partial charge in [0.2, 0.25) is 5.91 Å². The Kier molecular flexibility index (Phi) is 3.08. The second-order valence-corrected chi connectivity index (χ2v) is 5.13. The minimum atomic E-state index is -0.177. The van der Waals surface area contributed by atoms with E-state index in [1.165, 1.54) is 22.5 Å². The molecule has 1 unspecified atom stereocenters. The molecule has 2 N–H and O–H groups in total. The number of aromatic nitrogens is 1. The number of hydrogen-bond donors (Lipinski definition) is 2. The zero-order chi connectivity index (χ0) is 12.4. The van der Waals surface area contributed by atoms with Crippen LogP contribution >= 0.6 is 11.3 Å². The van der Waals surface area contributed by atoms with Gasteiger partial charge in [-0.05, 0) is 17.5 Å². The lowest BCUT2D eigenvalue weighted by Crippen LogP contribution is -2.44. The van der Waals surface area contributed by atoms with E-state index in [9.17, 15) is 4.79 Å². The van der Waals surface area contributed by atoms with Gasteiger partial charge in [-0.3, -0.25) is 4.79 Å². The van der Waals surface area contributed by atoms with E-state index in [4.69, 9.17) is 0 Å². The predicted octanol–water partition coefficient (Wildman–Crippen LogP) is 1.80. The number of benzene rings is 1. The molecule has 0 saturated carbocycles. The highest BCUT2D eigenvalue weighted by atomic mass is 32.1. The molecule has 0 bridgehead atoms. The van der Waals surface area contributed by atoms with Gasteiger partial charge in [-0.2, -0.15) is 0 Å². The first kappa shape index (κ1) is 11.4. The molecule has 0 saturated heterocycles. The maximum Gasteiger partial charge on any atom is 0.243 e. The minimum Gasteiger partial charge on any atom is -0.301 e. The van der Waals surface area contributed by atoms with Gasteiger partial charge in [-0.25, -0.2) is 4.98 Å². The minimum absolute atomic E-state index is 0.0144. The first-order chi connectivity index (χ1) is 8.83. The van der Waals surface area contributed by atoms with Crippen LogP contribution in [0, 0.1) is 0 Å². The number of nitrogens with zero attached hydrogens (tertiary/aromatic N) is 1. The van der Waals surface area contributed by atoms with Crippen molar-refractivity contribution in [3.05, 3.63) is 47.0 Å². The van der Waals surface area contributed by atoms with Crippen molar-refractivity contribution >= 4 is 22.4 Å². The van der Waals surface area contributed by atoms with Crippen molar-refractivity contribution in [1.29, 1.82) is 0 Å². The summed E-state index contributed by atoms with van der Waals surface area (Å²) in [6.07, 6.45) is 2.41. The number of anilines is 1. The number of carbonyl (C=O) groups is 1. The number of rotatable bonds is 2. The quantitative estimate of drug-likeness (QED) is 0.864. The van der Waals surface area contributed by atoms with Gasteiger partial charge >= 0.3 is 0 Å². The number of fused-ring (bicyclic) bond motifs is 1. The van der Waals surface area contributed by atoms with Crippen LogP contribution in [0.5, 0.6) is 0 Å². The topological polar surface area (TPSA) is 54.0 Å². The summed E-state index contributed by atoms with van der Waals surface area (Å²) in [5.41, 5.74) is 2.52. The second-order valence-electron chi connectivity index (χ2n) is 4.23. The molecule has 0 radical (unpaired) electrons. The van der Waals surface area contributed by atoms with Gasteiger partial charge in [0, 0.05) is 18.1 Å². The Bertz CT molecular complexity index is 553. The van der Waals surface area contributed by atoms with Crippen LogP contribution in [0.3, 0.4) is 0 Å². The molecule has 1 atom stereocenters. The lowest BCUT2D eigenvalue weighted by atomic mass is 9.95. The van der Waals surface area contributed by atoms with Crippen molar-refractivity contribution < 1.29 is 4.79 Å².